The van der Waals surface area contributed by atoms with Crippen LogP contribution in [0.1, 0.15) is 12.5 Å². The van der Waals surface area contributed by atoms with Gasteiger partial charge in [0.05, 0.1) is 6.04 Å². The quantitative estimate of drug-likeness (QED) is 0.754. The third-order valence-corrected chi connectivity index (χ3v) is 1.92. The van der Waals surface area contributed by atoms with Gasteiger partial charge in [0.25, 0.3) is 0 Å². The Labute approximate surface area is 87.3 Å². The molecule has 3 nitrogen and oxygen atoms in total. The summed E-state index contributed by atoms with van der Waals surface area (Å²) in [6.45, 7) is 1.35. The van der Waals surface area contributed by atoms with E-state index in [0.717, 1.165) is 5.56 Å². The van der Waals surface area contributed by atoms with Crippen molar-refractivity contribution in [3.8, 4) is 0 Å². The van der Waals surface area contributed by atoms with Crippen LogP contribution in [0, 0.1) is 5.82 Å². The summed E-state index contributed by atoms with van der Waals surface area (Å²) in [5.41, 5.74) is 0.808. The average molecular weight is 209 g/mol. The molecular formula is C11H12FNO2. The normalized spacial score (nSPS) is 11.9. The number of rotatable bonds is 4. The van der Waals surface area contributed by atoms with E-state index in [2.05, 4.69) is 5.32 Å². The maximum Gasteiger partial charge on any atom is 0.217 e. The Balaban J connectivity index is 2.62. The Morgan fingerprint density at radius 2 is 2.07 bits per heavy atom. The van der Waals surface area contributed by atoms with Gasteiger partial charge in [0.15, 0.2) is 0 Å². The molecule has 1 aromatic carbocycles. The molecule has 4 heteroatoms. The highest BCUT2D eigenvalue weighted by Gasteiger charge is 2.09. The van der Waals surface area contributed by atoms with Crippen molar-refractivity contribution in [2.45, 2.75) is 19.4 Å². The molecule has 80 valence electrons. The first-order valence-corrected chi connectivity index (χ1v) is 4.58. The Bertz CT molecular complexity index is 348. The molecule has 0 saturated carbocycles. The number of benzene rings is 1. The van der Waals surface area contributed by atoms with Crippen LogP contribution in [0.2, 0.25) is 0 Å². The molecule has 1 amide bonds. The summed E-state index contributed by atoms with van der Waals surface area (Å²) < 4.78 is 12.6. The Kier molecular flexibility index (Phi) is 3.97. The molecule has 0 unspecified atom stereocenters. The Hall–Kier alpha value is -1.71. The molecule has 0 aliphatic heterocycles. The molecule has 0 bridgehead atoms. The van der Waals surface area contributed by atoms with Crippen LogP contribution >= 0.6 is 0 Å². The van der Waals surface area contributed by atoms with E-state index in [9.17, 15) is 14.0 Å². The van der Waals surface area contributed by atoms with E-state index in [-0.39, 0.29) is 11.7 Å². The van der Waals surface area contributed by atoms with Gasteiger partial charge < -0.3 is 10.1 Å². The molecule has 1 N–H and O–H groups in total. The first-order valence-electron chi connectivity index (χ1n) is 4.58. The number of nitrogens with one attached hydrogen (secondary N) is 1. The lowest BCUT2D eigenvalue weighted by Crippen LogP contribution is -2.35. The van der Waals surface area contributed by atoms with E-state index >= 15 is 0 Å². The van der Waals surface area contributed by atoms with E-state index < -0.39 is 6.04 Å². The molecule has 0 radical (unpaired) electrons. The topological polar surface area (TPSA) is 46.2 Å². The fraction of sp³-hybridized carbons (Fsp3) is 0.273. The van der Waals surface area contributed by atoms with Crippen LogP contribution < -0.4 is 5.32 Å². The van der Waals surface area contributed by atoms with Crippen LogP contribution in [0.15, 0.2) is 24.3 Å². The lowest BCUT2D eigenvalue weighted by Gasteiger charge is -2.10. The van der Waals surface area contributed by atoms with Crippen molar-refractivity contribution in [2.75, 3.05) is 0 Å². The van der Waals surface area contributed by atoms with E-state index in [1.54, 1.807) is 12.1 Å². The van der Waals surface area contributed by atoms with Gasteiger partial charge in [0.2, 0.25) is 5.91 Å². The van der Waals surface area contributed by atoms with E-state index in [0.29, 0.717) is 12.7 Å². The van der Waals surface area contributed by atoms with Crippen molar-refractivity contribution in [1.29, 1.82) is 0 Å². The Morgan fingerprint density at radius 1 is 1.47 bits per heavy atom. The van der Waals surface area contributed by atoms with Gasteiger partial charge in [-0.1, -0.05) is 12.1 Å². The zero-order valence-electron chi connectivity index (χ0n) is 8.37. The number of aldehydes is 1. The second kappa shape index (κ2) is 5.24. The number of hydrogen-bond donors (Lipinski definition) is 1. The minimum Gasteiger partial charge on any atom is -0.346 e. The van der Waals surface area contributed by atoms with E-state index in [4.69, 9.17) is 0 Å². The molecule has 0 spiro atoms. The van der Waals surface area contributed by atoms with Crippen molar-refractivity contribution < 1.29 is 14.0 Å². The first-order chi connectivity index (χ1) is 7.11. The van der Waals surface area contributed by atoms with Gasteiger partial charge in [0.1, 0.15) is 12.1 Å². The molecule has 0 heterocycles. The molecular weight excluding hydrogens is 197 g/mol. The van der Waals surface area contributed by atoms with Crippen molar-refractivity contribution >= 4 is 12.2 Å². The fourth-order valence-corrected chi connectivity index (χ4v) is 1.27. The molecule has 0 aliphatic carbocycles. The third-order valence-electron chi connectivity index (χ3n) is 1.92. The number of hydrogen-bond acceptors (Lipinski definition) is 2. The van der Waals surface area contributed by atoms with Gasteiger partial charge in [-0.15, -0.1) is 0 Å². The number of carbonyl (C=O) groups is 2. The van der Waals surface area contributed by atoms with Crippen molar-refractivity contribution in [3.63, 3.8) is 0 Å². The highest BCUT2D eigenvalue weighted by Crippen LogP contribution is 2.05. The maximum absolute atomic E-state index is 12.6. The third kappa shape index (κ3) is 3.89. The highest BCUT2D eigenvalue weighted by molar-refractivity contribution is 5.77. The number of carbonyl (C=O) groups excluding carboxylic acids is 2. The van der Waals surface area contributed by atoms with Gasteiger partial charge in [-0.25, -0.2) is 4.39 Å². The van der Waals surface area contributed by atoms with Crippen LogP contribution in [0.25, 0.3) is 0 Å². The van der Waals surface area contributed by atoms with Gasteiger partial charge >= 0.3 is 0 Å². The van der Waals surface area contributed by atoms with Crippen LogP contribution in [0.5, 0.6) is 0 Å². The summed E-state index contributed by atoms with van der Waals surface area (Å²) in [6, 6.07) is 5.28. The molecule has 0 fully saturated rings. The molecule has 15 heavy (non-hydrogen) atoms. The second-order valence-electron chi connectivity index (χ2n) is 3.27. The van der Waals surface area contributed by atoms with E-state index in [1.807, 2.05) is 0 Å². The molecule has 1 aromatic rings. The van der Waals surface area contributed by atoms with Crippen LogP contribution in [0.4, 0.5) is 4.39 Å². The van der Waals surface area contributed by atoms with Gasteiger partial charge in [-0.3, -0.25) is 4.79 Å². The van der Waals surface area contributed by atoms with Gasteiger partial charge in [-0.05, 0) is 24.1 Å². The molecule has 0 aliphatic rings. The Morgan fingerprint density at radius 3 is 2.53 bits per heavy atom. The summed E-state index contributed by atoms with van der Waals surface area (Å²) in [4.78, 5) is 21.4. The predicted octanol–water partition coefficient (Wildman–Crippen LogP) is 1.07. The number of halogens is 1. The largest absolute Gasteiger partial charge is 0.346 e. The SMILES string of the molecule is CC(=O)N[C@@H](C=O)Cc1ccc(F)cc1. The summed E-state index contributed by atoms with van der Waals surface area (Å²) in [7, 11) is 0. The molecule has 1 atom stereocenters. The summed E-state index contributed by atoms with van der Waals surface area (Å²) in [5, 5.41) is 2.49. The van der Waals surface area contributed by atoms with Crippen LogP contribution in [0.3, 0.4) is 0 Å². The predicted molar refractivity (Wildman–Crippen MR) is 53.8 cm³/mol. The minimum absolute atomic E-state index is 0.255. The lowest BCUT2D eigenvalue weighted by molar-refractivity contribution is -0.122. The molecule has 0 saturated heterocycles. The van der Waals surface area contributed by atoms with Gasteiger partial charge in [0, 0.05) is 6.92 Å². The van der Waals surface area contributed by atoms with Crippen molar-refractivity contribution in [3.05, 3.63) is 35.6 Å². The van der Waals surface area contributed by atoms with Crippen LogP contribution in [-0.4, -0.2) is 18.2 Å². The number of amides is 1. The lowest BCUT2D eigenvalue weighted by atomic mass is 10.1. The smallest absolute Gasteiger partial charge is 0.217 e. The van der Waals surface area contributed by atoms with E-state index in [1.165, 1.54) is 19.1 Å². The fourth-order valence-electron chi connectivity index (χ4n) is 1.27. The minimum atomic E-state index is -0.548. The second-order valence-corrected chi connectivity index (χ2v) is 3.27. The molecule has 1 rings (SSSR count). The van der Waals surface area contributed by atoms with Crippen molar-refractivity contribution in [1.82, 2.24) is 5.32 Å². The first kappa shape index (κ1) is 11.4. The summed E-state index contributed by atoms with van der Waals surface area (Å²) >= 11 is 0. The summed E-state index contributed by atoms with van der Waals surface area (Å²) in [6.07, 6.45) is 1.05. The van der Waals surface area contributed by atoms with Crippen molar-refractivity contribution in [2.24, 2.45) is 0 Å². The monoisotopic (exact) mass is 209 g/mol. The standard InChI is InChI=1S/C11H12FNO2/c1-8(15)13-11(7-14)6-9-2-4-10(12)5-3-9/h2-5,7,11H,6H2,1H3,(H,13,15)/t11-/m1/s1. The zero-order chi connectivity index (χ0) is 11.3. The zero-order valence-corrected chi connectivity index (χ0v) is 8.37. The maximum atomic E-state index is 12.6. The highest BCUT2D eigenvalue weighted by atomic mass is 19.1. The average Bonchev–Trinajstić information content (AvgIpc) is 2.19. The molecule has 0 aromatic heterocycles. The summed E-state index contributed by atoms with van der Waals surface area (Å²) in [5.74, 6) is -0.574. The van der Waals surface area contributed by atoms with Crippen LogP contribution in [-0.2, 0) is 16.0 Å². The van der Waals surface area contributed by atoms with Gasteiger partial charge in [-0.2, -0.15) is 0 Å².